The number of urea groups is 1. The number of hydrogen-bond donors (Lipinski definition) is 3. The molecule has 0 bridgehead atoms. The average molecular weight is 558 g/mol. The van der Waals surface area contributed by atoms with E-state index in [1.54, 1.807) is 0 Å². The molecule has 0 radical (unpaired) electrons. The smallest absolute Gasteiger partial charge is 0.315 e. The summed E-state index contributed by atoms with van der Waals surface area (Å²) in [6.07, 6.45) is 3.20. The molecule has 7 heteroatoms. The Hall–Kier alpha value is -3.23. The molecule has 3 aromatic carbocycles. The predicted molar refractivity (Wildman–Crippen MR) is 161 cm³/mol. The van der Waals surface area contributed by atoms with Gasteiger partial charge in [0.25, 0.3) is 0 Å². The molecule has 3 N–H and O–H groups in total. The summed E-state index contributed by atoms with van der Waals surface area (Å²) >= 11 is 0. The number of carbonyl (C=O) groups is 1. The van der Waals surface area contributed by atoms with Crippen LogP contribution in [0.25, 0.3) is 11.1 Å². The zero-order valence-corrected chi connectivity index (χ0v) is 24.2. The van der Waals surface area contributed by atoms with Gasteiger partial charge in [-0.1, -0.05) is 74.0 Å². The SMILES string of the molecule is CCNC(=O)NCc1cccc(-c2cccc([C@H]3O[C@@H](CN4CCCCC4)[C@@H](C)[C@@H](c4ccc(CO)cc4)O3)c2)c1. The summed E-state index contributed by atoms with van der Waals surface area (Å²) in [6, 6.07) is 24.6. The van der Waals surface area contributed by atoms with Crippen LogP contribution in [-0.2, 0) is 22.6 Å². The Morgan fingerprint density at radius 2 is 1.61 bits per heavy atom. The van der Waals surface area contributed by atoms with Gasteiger partial charge >= 0.3 is 6.03 Å². The predicted octanol–water partition coefficient (Wildman–Crippen LogP) is 5.94. The number of rotatable bonds is 9. The van der Waals surface area contributed by atoms with Gasteiger partial charge in [-0.15, -0.1) is 0 Å². The van der Waals surface area contributed by atoms with Crippen LogP contribution in [0.4, 0.5) is 4.79 Å². The van der Waals surface area contributed by atoms with Gasteiger partial charge in [0.05, 0.1) is 18.8 Å². The van der Waals surface area contributed by atoms with Crippen molar-refractivity contribution in [3.63, 3.8) is 0 Å². The molecule has 7 nitrogen and oxygen atoms in total. The first kappa shape index (κ1) is 29.3. The average Bonchev–Trinajstić information content (AvgIpc) is 3.02. The van der Waals surface area contributed by atoms with Crippen molar-refractivity contribution in [2.75, 3.05) is 26.2 Å². The molecule has 0 spiro atoms. The molecule has 2 aliphatic rings. The fraction of sp³-hybridized carbons (Fsp3) is 0.441. The van der Waals surface area contributed by atoms with Crippen molar-refractivity contribution in [3.05, 3.63) is 95.1 Å². The first-order valence-electron chi connectivity index (χ1n) is 15.0. The van der Waals surface area contributed by atoms with Crippen LogP contribution in [0.2, 0.25) is 0 Å². The van der Waals surface area contributed by atoms with E-state index in [0.29, 0.717) is 13.1 Å². The highest BCUT2D eigenvalue weighted by atomic mass is 16.7. The van der Waals surface area contributed by atoms with E-state index in [1.807, 2.05) is 31.2 Å². The molecule has 2 fully saturated rings. The molecule has 0 saturated carbocycles. The Kier molecular flexibility index (Phi) is 10.1. The quantitative estimate of drug-likeness (QED) is 0.303. The molecular formula is C34H43N3O4. The molecule has 2 heterocycles. The number of hydrogen-bond acceptors (Lipinski definition) is 5. The van der Waals surface area contributed by atoms with Crippen LogP contribution in [0, 0.1) is 5.92 Å². The lowest BCUT2D eigenvalue weighted by molar-refractivity contribution is -0.276. The third-order valence-corrected chi connectivity index (χ3v) is 8.22. The molecule has 4 atom stereocenters. The topological polar surface area (TPSA) is 83.1 Å². The number of nitrogens with one attached hydrogen (secondary N) is 2. The summed E-state index contributed by atoms with van der Waals surface area (Å²) in [5.74, 6) is 0.172. The Morgan fingerprint density at radius 1 is 0.878 bits per heavy atom. The van der Waals surface area contributed by atoms with E-state index >= 15 is 0 Å². The molecule has 3 aromatic rings. The normalized spacial score (nSPS) is 23.2. The van der Waals surface area contributed by atoms with Crippen molar-refractivity contribution in [2.24, 2.45) is 5.92 Å². The minimum absolute atomic E-state index is 0.0284. The summed E-state index contributed by atoms with van der Waals surface area (Å²) < 4.78 is 13.4. The van der Waals surface area contributed by atoms with E-state index < -0.39 is 6.29 Å². The lowest BCUT2D eigenvalue weighted by Crippen LogP contribution is -2.45. The molecule has 0 aliphatic carbocycles. The van der Waals surface area contributed by atoms with Crippen molar-refractivity contribution in [1.82, 2.24) is 15.5 Å². The van der Waals surface area contributed by atoms with E-state index in [-0.39, 0.29) is 30.8 Å². The summed E-state index contributed by atoms with van der Waals surface area (Å²) in [4.78, 5) is 14.4. The minimum atomic E-state index is -0.494. The molecular weight excluding hydrogens is 514 g/mol. The molecule has 218 valence electrons. The van der Waals surface area contributed by atoms with Gasteiger partial charge in [-0.25, -0.2) is 4.79 Å². The maximum absolute atomic E-state index is 11.9. The second-order valence-corrected chi connectivity index (χ2v) is 11.2. The number of piperidine rings is 1. The van der Waals surface area contributed by atoms with Crippen molar-refractivity contribution in [2.45, 2.75) is 64.8 Å². The second kappa shape index (κ2) is 14.1. The van der Waals surface area contributed by atoms with Crippen LogP contribution in [0.3, 0.4) is 0 Å². The zero-order valence-electron chi connectivity index (χ0n) is 24.2. The van der Waals surface area contributed by atoms with Crippen molar-refractivity contribution < 1.29 is 19.4 Å². The fourth-order valence-electron chi connectivity index (χ4n) is 5.86. The zero-order chi connectivity index (χ0) is 28.6. The number of amides is 2. The van der Waals surface area contributed by atoms with Crippen molar-refractivity contribution in [1.29, 1.82) is 0 Å². The van der Waals surface area contributed by atoms with Gasteiger partial charge in [-0.3, -0.25) is 0 Å². The van der Waals surface area contributed by atoms with E-state index in [4.69, 9.17) is 9.47 Å². The van der Waals surface area contributed by atoms with Gasteiger partial charge in [0, 0.05) is 31.1 Å². The lowest BCUT2D eigenvalue weighted by atomic mass is 9.89. The number of carbonyl (C=O) groups excluding carboxylic acids is 1. The van der Waals surface area contributed by atoms with Gasteiger partial charge in [0.2, 0.25) is 0 Å². The number of nitrogens with zero attached hydrogens (tertiary/aromatic N) is 1. The first-order chi connectivity index (χ1) is 20.0. The maximum Gasteiger partial charge on any atom is 0.315 e. The van der Waals surface area contributed by atoms with E-state index in [9.17, 15) is 9.90 Å². The molecule has 41 heavy (non-hydrogen) atoms. The Labute approximate surface area is 243 Å². The Bertz CT molecular complexity index is 1270. The highest BCUT2D eigenvalue weighted by molar-refractivity contribution is 5.74. The van der Waals surface area contributed by atoms with Crippen LogP contribution >= 0.6 is 0 Å². The third-order valence-electron chi connectivity index (χ3n) is 8.22. The number of aliphatic hydroxyl groups is 1. The highest BCUT2D eigenvalue weighted by Crippen LogP contribution is 2.42. The summed E-state index contributed by atoms with van der Waals surface area (Å²) in [6.45, 7) is 8.35. The van der Waals surface area contributed by atoms with E-state index in [0.717, 1.165) is 53.0 Å². The molecule has 5 rings (SSSR count). The fourth-order valence-corrected chi connectivity index (χ4v) is 5.86. The molecule has 2 amide bonds. The molecule has 0 unspecified atom stereocenters. The van der Waals surface area contributed by atoms with Gasteiger partial charge in [-0.05, 0) is 72.8 Å². The van der Waals surface area contributed by atoms with E-state index in [2.05, 4.69) is 71.0 Å². The van der Waals surface area contributed by atoms with E-state index in [1.165, 1.54) is 19.3 Å². The van der Waals surface area contributed by atoms with Crippen LogP contribution in [-0.4, -0.2) is 48.3 Å². The Morgan fingerprint density at radius 3 is 2.34 bits per heavy atom. The third kappa shape index (κ3) is 7.54. The number of benzene rings is 3. The largest absolute Gasteiger partial charge is 0.392 e. The van der Waals surface area contributed by atoms with Gasteiger partial charge < -0.3 is 30.1 Å². The lowest BCUT2D eigenvalue weighted by Gasteiger charge is -2.43. The highest BCUT2D eigenvalue weighted by Gasteiger charge is 2.39. The summed E-state index contributed by atoms with van der Waals surface area (Å²) in [7, 11) is 0. The first-order valence-corrected chi connectivity index (χ1v) is 15.0. The van der Waals surface area contributed by atoms with Crippen LogP contribution < -0.4 is 10.6 Å². The molecule has 0 aromatic heterocycles. The van der Waals surface area contributed by atoms with Crippen LogP contribution in [0.15, 0.2) is 72.8 Å². The maximum atomic E-state index is 11.9. The minimum Gasteiger partial charge on any atom is -0.392 e. The van der Waals surface area contributed by atoms with Gasteiger partial charge in [0.15, 0.2) is 6.29 Å². The number of likely N-dealkylation sites (tertiary alicyclic amines) is 1. The van der Waals surface area contributed by atoms with Gasteiger partial charge in [-0.2, -0.15) is 0 Å². The van der Waals surface area contributed by atoms with Crippen LogP contribution in [0.5, 0.6) is 0 Å². The summed E-state index contributed by atoms with van der Waals surface area (Å²) in [5, 5.41) is 15.2. The van der Waals surface area contributed by atoms with Gasteiger partial charge in [0.1, 0.15) is 0 Å². The Balaban J connectivity index is 1.38. The monoisotopic (exact) mass is 557 g/mol. The summed E-state index contributed by atoms with van der Waals surface area (Å²) in [5.41, 5.74) is 6.17. The van der Waals surface area contributed by atoms with Crippen LogP contribution in [0.1, 0.15) is 67.8 Å². The van der Waals surface area contributed by atoms with Crippen molar-refractivity contribution >= 4 is 6.03 Å². The second-order valence-electron chi connectivity index (χ2n) is 11.2. The molecule has 2 aliphatic heterocycles. The number of ether oxygens (including phenoxy) is 2. The standard InChI is InChI=1S/C34H43N3O4/c1-3-35-34(39)36-21-26-9-7-10-28(19-26)29-11-8-12-30(20-29)33-40-31(22-37-17-5-4-6-18-37)24(2)32(41-33)27-15-13-25(23-38)14-16-27/h7-16,19-20,24,31-33,38H,3-6,17-18,21-23H2,1-2H3,(H2,35,36,39)/t24-,31+,32+,33+/m1/s1. The molecule has 2 saturated heterocycles. The number of aliphatic hydroxyl groups excluding tert-OH is 1. The van der Waals surface area contributed by atoms with Crippen molar-refractivity contribution in [3.8, 4) is 11.1 Å².